The predicted molar refractivity (Wildman–Crippen MR) is 111 cm³/mol. The van der Waals surface area contributed by atoms with Crippen LogP contribution in [0.15, 0.2) is 65.6 Å². The minimum absolute atomic E-state index is 0. The molecule has 0 spiro atoms. The third kappa shape index (κ3) is 6.74. The van der Waals surface area contributed by atoms with Gasteiger partial charge in [0.1, 0.15) is 0 Å². The van der Waals surface area contributed by atoms with Crippen molar-refractivity contribution in [1.82, 2.24) is 4.90 Å². The Hall–Kier alpha value is -1.47. The van der Waals surface area contributed by atoms with E-state index in [2.05, 4.69) is 61.5 Å². The van der Waals surface area contributed by atoms with Gasteiger partial charge in [-0.3, -0.25) is 0 Å². The van der Waals surface area contributed by atoms with Crippen LogP contribution in [-0.2, 0) is 5.41 Å². The van der Waals surface area contributed by atoms with E-state index in [4.69, 9.17) is 0 Å². The van der Waals surface area contributed by atoms with Crippen LogP contribution < -0.4 is 0 Å². The summed E-state index contributed by atoms with van der Waals surface area (Å²) in [5.41, 5.74) is 0.763. The number of nitriles is 1. The lowest BCUT2D eigenvalue weighted by molar-refractivity contribution is 0.364. The summed E-state index contributed by atoms with van der Waals surface area (Å²) >= 11 is 1.84. The molecule has 0 aliphatic rings. The average Bonchev–Trinajstić information content (AvgIpc) is 2.62. The highest BCUT2D eigenvalue weighted by Gasteiger charge is 2.31. The second-order valence-electron chi connectivity index (χ2n) is 6.38. The molecule has 0 heterocycles. The Kier molecular flexibility index (Phi) is 9.67. The van der Waals surface area contributed by atoms with Crippen molar-refractivity contribution >= 4 is 24.2 Å². The van der Waals surface area contributed by atoms with Crippen molar-refractivity contribution in [1.29, 1.82) is 5.26 Å². The molecule has 0 saturated heterocycles. The van der Waals surface area contributed by atoms with Gasteiger partial charge in [0.2, 0.25) is 0 Å². The van der Waals surface area contributed by atoms with E-state index < -0.39 is 0 Å². The molecule has 0 aromatic heterocycles. The SMILES string of the molecule is CN(C)CCCC(C#N)(CCSc1ccccc1)c1ccccc1.Cl. The lowest BCUT2D eigenvalue weighted by Gasteiger charge is -2.28. The van der Waals surface area contributed by atoms with E-state index in [1.807, 2.05) is 36.0 Å². The largest absolute Gasteiger partial charge is 0.309 e. The van der Waals surface area contributed by atoms with Gasteiger partial charge in [0.05, 0.1) is 11.5 Å². The van der Waals surface area contributed by atoms with Crippen LogP contribution in [0.25, 0.3) is 0 Å². The molecule has 0 bridgehead atoms. The van der Waals surface area contributed by atoms with Gasteiger partial charge < -0.3 is 4.90 Å². The van der Waals surface area contributed by atoms with Crippen LogP contribution in [0.4, 0.5) is 0 Å². The van der Waals surface area contributed by atoms with Gasteiger partial charge in [-0.2, -0.15) is 5.26 Å². The van der Waals surface area contributed by atoms with Gasteiger partial charge in [-0.1, -0.05) is 48.5 Å². The zero-order valence-corrected chi connectivity index (χ0v) is 16.7. The molecule has 0 fully saturated rings. The summed E-state index contributed by atoms with van der Waals surface area (Å²) in [5, 5.41) is 10.0. The first-order chi connectivity index (χ1) is 11.7. The molecule has 0 aliphatic carbocycles. The van der Waals surface area contributed by atoms with Gasteiger partial charge in [-0.05, 0) is 63.4 Å². The van der Waals surface area contributed by atoms with E-state index in [1.165, 1.54) is 4.90 Å². The van der Waals surface area contributed by atoms with E-state index >= 15 is 0 Å². The standard InChI is InChI=1S/C21H26N2S.ClH/c1-23(2)16-9-14-21(18-22,19-10-5-3-6-11-19)15-17-24-20-12-7-4-8-13-20;/h3-8,10-13H,9,14-17H2,1-2H3;1H. The van der Waals surface area contributed by atoms with Crippen molar-refractivity contribution in [2.24, 2.45) is 0 Å². The quantitative estimate of drug-likeness (QED) is 0.550. The molecule has 0 N–H and O–H groups in total. The fourth-order valence-corrected chi connectivity index (χ4v) is 3.94. The molecule has 2 aromatic carbocycles. The molecule has 0 amide bonds. The molecular formula is C21H27ClN2S. The number of hydrogen-bond acceptors (Lipinski definition) is 3. The minimum Gasteiger partial charge on any atom is -0.309 e. The number of hydrogen-bond donors (Lipinski definition) is 0. The normalized spacial score (nSPS) is 12.9. The topological polar surface area (TPSA) is 27.0 Å². The van der Waals surface area contributed by atoms with Crippen molar-refractivity contribution < 1.29 is 0 Å². The maximum atomic E-state index is 10.0. The van der Waals surface area contributed by atoms with Crippen LogP contribution in [0, 0.1) is 11.3 Å². The molecule has 1 atom stereocenters. The predicted octanol–water partition coefficient (Wildman–Crippen LogP) is 5.39. The van der Waals surface area contributed by atoms with Crippen LogP contribution in [0.3, 0.4) is 0 Å². The highest BCUT2D eigenvalue weighted by molar-refractivity contribution is 7.99. The lowest BCUT2D eigenvalue weighted by Crippen LogP contribution is -2.27. The molecule has 0 radical (unpaired) electrons. The number of benzene rings is 2. The Balaban J connectivity index is 0.00000312. The van der Waals surface area contributed by atoms with Crippen LogP contribution in [0.2, 0.25) is 0 Å². The molecule has 25 heavy (non-hydrogen) atoms. The van der Waals surface area contributed by atoms with E-state index in [0.29, 0.717) is 0 Å². The van der Waals surface area contributed by atoms with Crippen molar-refractivity contribution in [3.63, 3.8) is 0 Å². The van der Waals surface area contributed by atoms with Crippen LogP contribution in [0.5, 0.6) is 0 Å². The Morgan fingerprint density at radius 2 is 1.56 bits per heavy atom. The number of rotatable bonds is 9. The Morgan fingerprint density at radius 1 is 0.960 bits per heavy atom. The third-order valence-electron chi connectivity index (χ3n) is 4.29. The molecule has 0 aliphatic heterocycles. The molecular weight excluding hydrogens is 348 g/mol. The first-order valence-corrected chi connectivity index (χ1v) is 9.44. The molecule has 2 aromatic rings. The highest BCUT2D eigenvalue weighted by Crippen LogP contribution is 2.35. The third-order valence-corrected chi connectivity index (χ3v) is 5.30. The van der Waals surface area contributed by atoms with Gasteiger partial charge in [-0.25, -0.2) is 0 Å². The fraction of sp³-hybridized carbons (Fsp3) is 0.381. The monoisotopic (exact) mass is 374 g/mol. The highest BCUT2D eigenvalue weighted by atomic mass is 35.5. The van der Waals surface area contributed by atoms with Gasteiger partial charge in [-0.15, -0.1) is 24.2 Å². The fourth-order valence-electron chi connectivity index (χ4n) is 2.90. The number of nitrogens with zero attached hydrogens (tertiary/aromatic N) is 2. The lowest BCUT2D eigenvalue weighted by atomic mass is 9.76. The molecule has 134 valence electrons. The second kappa shape index (κ2) is 11.2. The molecule has 1 unspecified atom stereocenters. The zero-order valence-electron chi connectivity index (χ0n) is 15.0. The summed E-state index contributed by atoms with van der Waals surface area (Å²) in [7, 11) is 4.17. The number of thioether (sulfide) groups is 1. The van der Waals surface area contributed by atoms with Crippen LogP contribution >= 0.6 is 24.2 Å². The molecule has 2 rings (SSSR count). The van der Waals surface area contributed by atoms with Crippen molar-refractivity contribution in [3.8, 4) is 6.07 Å². The van der Waals surface area contributed by atoms with E-state index in [1.54, 1.807) is 0 Å². The number of halogens is 1. The summed E-state index contributed by atoms with van der Waals surface area (Å²) < 4.78 is 0. The maximum absolute atomic E-state index is 10.0. The molecule has 0 saturated carbocycles. The van der Waals surface area contributed by atoms with Crippen molar-refractivity contribution in [2.75, 3.05) is 26.4 Å². The Bertz CT molecular complexity index is 640. The summed E-state index contributed by atoms with van der Waals surface area (Å²) in [6.07, 6.45) is 2.81. The Morgan fingerprint density at radius 3 is 2.12 bits per heavy atom. The van der Waals surface area contributed by atoms with Crippen LogP contribution in [-0.4, -0.2) is 31.3 Å². The van der Waals surface area contributed by atoms with Gasteiger partial charge in [0, 0.05) is 4.90 Å². The van der Waals surface area contributed by atoms with Gasteiger partial charge in [0.25, 0.3) is 0 Å². The average molecular weight is 375 g/mol. The first-order valence-electron chi connectivity index (χ1n) is 8.46. The maximum Gasteiger partial charge on any atom is 0.0830 e. The Labute approximate surface area is 162 Å². The summed E-state index contributed by atoms with van der Waals surface area (Å²) in [6.45, 7) is 1.02. The first kappa shape index (κ1) is 21.6. The smallest absolute Gasteiger partial charge is 0.0830 e. The molecule has 2 nitrogen and oxygen atoms in total. The zero-order chi connectivity index (χ0) is 17.3. The van der Waals surface area contributed by atoms with Crippen LogP contribution in [0.1, 0.15) is 24.8 Å². The summed E-state index contributed by atoms with van der Waals surface area (Å²) in [5.74, 6) is 0.953. The van der Waals surface area contributed by atoms with Crippen molar-refractivity contribution in [2.45, 2.75) is 29.6 Å². The van der Waals surface area contributed by atoms with Gasteiger partial charge in [0.15, 0.2) is 0 Å². The van der Waals surface area contributed by atoms with E-state index in [-0.39, 0.29) is 17.8 Å². The second-order valence-corrected chi connectivity index (χ2v) is 7.55. The van der Waals surface area contributed by atoms with Gasteiger partial charge >= 0.3 is 0 Å². The summed E-state index contributed by atoms with van der Waals surface area (Å²) in [6, 6.07) is 23.4. The van der Waals surface area contributed by atoms with E-state index in [0.717, 1.165) is 37.1 Å². The summed E-state index contributed by atoms with van der Waals surface area (Å²) in [4.78, 5) is 3.46. The minimum atomic E-state index is -0.390. The van der Waals surface area contributed by atoms with E-state index in [9.17, 15) is 5.26 Å². The van der Waals surface area contributed by atoms with Crippen molar-refractivity contribution in [3.05, 3.63) is 66.2 Å². The molecule has 4 heteroatoms.